The molecule has 0 radical (unpaired) electrons. The van der Waals surface area contributed by atoms with Crippen molar-refractivity contribution in [2.24, 2.45) is 4.99 Å². The van der Waals surface area contributed by atoms with Crippen molar-refractivity contribution >= 4 is 22.9 Å². The zero-order valence-electron chi connectivity index (χ0n) is 11.2. The second-order valence-electron chi connectivity index (χ2n) is 4.45. The molecule has 1 aliphatic carbocycles. The molecule has 0 amide bonds. The Bertz CT molecular complexity index is 601. The van der Waals surface area contributed by atoms with Crippen molar-refractivity contribution in [3.8, 4) is 5.75 Å². The largest absolute Gasteiger partial charge is 0.494 e. The summed E-state index contributed by atoms with van der Waals surface area (Å²) in [6.45, 7) is 3.74. The summed E-state index contributed by atoms with van der Waals surface area (Å²) in [4.78, 5) is 16.0. The van der Waals surface area contributed by atoms with Crippen molar-refractivity contribution in [3.05, 3.63) is 41.5 Å². The molecule has 4 nitrogen and oxygen atoms in total. The highest BCUT2D eigenvalue weighted by molar-refractivity contribution is 6.22. The molecule has 0 heterocycles. The Morgan fingerprint density at radius 2 is 1.79 bits per heavy atom. The van der Waals surface area contributed by atoms with Crippen molar-refractivity contribution < 1.29 is 9.53 Å². The first-order chi connectivity index (χ1) is 9.01. The lowest BCUT2D eigenvalue weighted by Crippen LogP contribution is -2.10. The topological polar surface area (TPSA) is 64.7 Å². The number of ether oxygens (including phenoxy) is 1. The van der Waals surface area contributed by atoms with Gasteiger partial charge in [-0.05, 0) is 49.3 Å². The van der Waals surface area contributed by atoms with Gasteiger partial charge in [-0.1, -0.05) is 0 Å². The van der Waals surface area contributed by atoms with Gasteiger partial charge >= 0.3 is 0 Å². The van der Waals surface area contributed by atoms with Crippen LogP contribution in [0.2, 0.25) is 0 Å². The van der Waals surface area contributed by atoms with Crippen LogP contribution in [-0.2, 0) is 4.79 Å². The summed E-state index contributed by atoms with van der Waals surface area (Å²) in [6, 6.07) is 5.30. The van der Waals surface area contributed by atoms with Gasteiger partial charge < -0.3 is 10.5 Å². The van der Waals surface area contributed by atoms with Gasteiger partial charge in [0.15, 0.2) is 5.78 Å². The van der Waals surface area contributed by atoms with Crippen LogP contribution < -0.4 is 10.5 Å². The Morgan fingerprint density at radius 1 is 1.16 bits per heavy atom. The Morgan fingerprint density at radius 3 is 2.37 bits per heavy atom. The highest BCUT2D eigenvalue weighted by Gasteiger charge is 2.14. The van der Waals surface area contributed by atoms with Crippen LogP contribution in [0.15, 0.2) is 46.5 Å². The Labute approximate surface area is 112 Å². The van der Waals surface area contributed by atoms with Gasteiger partial charge in [0, 0.05) is 11.8 Å². The van der Waals surface area contributed by atoms with E-state index < -0.39 is 0 Å². The summed E-state index contributed by atoms with van der Waals surface area (Å²) >= 11 is 0. The number of methoxy groups -OCH3 is 1. The maximum Gasteiger partial charge on any atom is 0.179 e. The molecule has 0 aromatic heterocycles. The van der Waals surface area contributed by atoms with E-state index in [1.807, 2.05) is 13.8 Å². The fourth-order valence-electron chi connectivity index (χ4n) is 2.00. The Balaban J connectivity index is 2.49. The first kappa shape index (κ1) is 13.1. The molecule has 0 aliphatic heterocycles. The lowest BCUT2D eigenvalue weighted by atomic mass is 9.97. The number of benzene rings is 1. The molecule has 0 bridgehead atoms. The lowest BCUT2D eigenvalue weighted by Gasteiger charge is -2.13. The van der Waals surface area contributed by atoms with Crippen LogP contribution >= 0.6 is 0 Å². The normalized spacial score (nSPS) is 14.9. The zero-order chi connectivity index (χ0) is 14.0. The van der Waals surface area contributed by atoms with Crippen molar-refractivity contribution in [3.63, 3.8) is 0 Å². The van der Waals surface area contributed by atoms with Gasteiger partial charge in [-0.25, -0.2) is 4.99 Å². The summed E-state index contributed by atoms with van der Waals surface area (Å²) in [7, 11) is 1.58. The number of carbonyl (C=O) groups excluding carboxylic acids is 1. The number of nitrogen functional groups attached to an aromatic ring is 1. The number of ketones is 1. The third-order valence-electron chi connectivity index (χ3n) is 2.90. The predicted octanol–water partition coefficient (Wildman–Crippen LogP) is 2.83. The molecule has 2 rings (SSSR count). The lowest BCUT2D eigenvalue weighted by molar-refractivity contribution is -0.110. The van der Waals surface area contributed by atoms with Gasteiger partial charge in [0.1, 0.15) is 11.4 Å². The van der Waals surface area contributed by atoms with E-state index in [1.54, 1.807) is 37.5 Å². The minimum Gasteiger partial charge on any atom is -0.494 e. The van der Waals surface area contributed by atoms with Crippen LogP contribution in [-0.4, -0.2) is 18.6 Å². The third-order valence-corrected chi connectivity index (χ3v) is 2.90. The molecule has 19 heavy (non-hydrogen) atoms. The van der Waals surface area contributed by atoms with E-state index in [4.69, 9.17) is 10.5 Å². The van der Waals surface area contributed by atoms with Crippen LogP contribution in [0.25, 0.3) is 0 Å². The number of rotatable bonds is 2. The fraction of sp³-hybridized carbons (Fsp3) is 0.200. The summed E-state index contributed by atoms with van der Waals surface area (Å²) in [5, 5.41) is 0. The second-order valence-corrected chi connectivity index (χ2v) is 4.45. The van der Waals surface area contributed by atoms with Crippen LogP contribution in [0.3, 0.4) is 0 Å². The van der Waals surface area contributed by atoms with Crippen molar-refractivity contribution in [2.45, 2.75) is 13.8 Å². The van der Waals surface area contributed by atoms with Gasteiger partial charge in [-0.15, -0.1) is 0 Å². The Kier molecular flexibility index (Phi) is 3.51. The molecule has 0 atom stereocenters. The maximum absolute atomic E-state index is 11.4. The van der Waals surface area contributed by atoms with Crippen LogP contribution in [0.1, 0.15) is 13.8 Å². The number of aliphatic imine (C=N–C) groups is 1. The molecular formula is C15H16N2O2. The molecule has 0 fully saturated rings. The average molecular weight is 256 g/mol. The SMILES string of the molecule is COc1cc(N)ccc1N=C1C(C)=CC(=O)C=C1C. The van der Waals surface area contributed by atoms with E-state index in [-0.39, 0.29) is 5.78 Å². The second kappa shape index (κ2) is 5.10. The molecule has 0 unspecified atom stereocenters. The van der Waals surface area contributed by atoms with Gasteiger partial charge in [0.25, 0.3) is 0 Å². The monoisotopic (exact) mass is 256 g/mol. The van der Waals surface area contributed by atoms with E-state index in [9.17, 15) is 4.79 Å². The molecule has 0 saturated carbocycles. The summed E-state index contributed by atoms with van der Waals surface area (Å²) in [6.07, 6.45) is 3.16. The van der Waals surface area contributed by atoms with Crippen LogP contribution in [0.4, 0.5) is 11.4 Å². The minimum atomic E-state index is -0.00165. The molecule has 1 aromatic rings. The number of anilines is 1. The summed E-state index contributed by atoms with van der Waals surface area (Å²) in [5.41, 5.74) is 9.53. The molecule has 1 aliphatic rings. The summed E-state index contributed by atoms with van der Waals surface area (Å²) in [5.74, 6) is 0.614. The van der Waals surface area contributed by atoms with Crippen molar-refractivity contribution in [1.29, 1.82) is 0 Å². The van der Waals surface area contributed by atoms with E-state index in [2.05, 4.69) is 4.99 Å². The number of hydrogen-bond donors (Lipinski definition) is 1. The van der Waals surface area contributed by atoms with Crippen molar-refractivity contribution in [2.75, 3.05) is 12.8 Å². The first-order valence-electron chi connectivity index (χ1n) is 5.95. The minimum absolute atomic E-state index is 0.00165. The fourth-order valence-corrected chi connectivity index (χ4v) is 2.00. The van der Waals surface area contributed by atoms with E-state index >= 15 is 0 Å². The number of hydrogen-bond acceptors (Lipinski definition) is 4. The third kappa shape index (κ3) is 2.73. The van der Waals surface area contributed by atoms with Gasteiger partial charge in [-0.2, -0.15) is 0 Å². The highest BCUT2D eigenvalue weighted by Crippen LogP contribution is 2.31. The van der Waals surface area contributed by atoms with Crippen LogP contribution in [0.5, 0.6) is 5.75 Å². The van der Waals surface area contributed by atoms with Crippen LogP contribution in [0, 0.1) is 0 Å². The molecule has 1 aromatic carbocycles. The van der Waals surface area contributed by atoms with Gasteiger partial charge in [-0.3, -0.25) is 4.79 Å². The van der Waals surface area contributed by atoms with E-state index in [1.165, 1.54) is 0 Å². The highest BCUT2D eigenvalue weighted by atomic mass is 16.5. The van der Waals surface area contributed by atoms with E-state index in [0.717, 1.165) is 16.9 Å². The predicted molar refractivity (Wildman–Crippen MR) is 77.0 cm³/mol. The molecule has 98 valence electrons. The summed E-state index contributed by atoms with van der Waals surface area (Å²) < 4.78 is 5.27. The molecule has 4 heteroatoms. The number of nitrogens with two attached hydrogens (primary N) is 1. The van der Waals surface area contributed by atoms with E-state index in [0.29, 0.717) is 17.1 Å². The quantitative estimate of drug-likeness (QED) is 0.653. The smallest absolute Gasteiger partial charge is 0.179 e. The standard InChI is InChI=1S/C15H16N2O2/c1-9-6-12(18)7-10(2)15(9)17-13-5-4-11(16)8-14(13)19-3/h4-8H,16H2,1-3H3. The number of allylic oxidation sites excluding steroid dienone is 4. The number of carbonyl (C=O) groups is 1. The maximum atomic E-state index is 11.4. The van der Waals surface area contributed by atoms with Gasteiger partial charge in [0.2, 0.25) is 0 Å². The Hall–Kier alpha value is -2.36. The average Bonchev–Trinajstić information content (AvgIpc) is 2.35. The zero-order valence-corrected chi connectivity index (χ0v) is 11.2. The first-order valence-corrected chi connectivity index (χ1v) is 5.95. The van der Waals surface area contributed by atoms with Gasteiger partial charge in [0.05, 0.1) is 12.8 Å². The molecule has 0 saturated heterocycles. The van der Waals surface area contributed by atoms with Crippen molar-refractivity contribution in [1.82, 2.24) is 0 Å². The molecule has 0 spiro atoms. The molecular weight excluding hydrogens is 240 g/mol. The molecule has 2 N–H and O–H groups in total. The number of nitrogens with zero attached hydrogens (tertiary/aromatic N) is 1.